The molecule has 1 aromatic heterocycles. The van der Waals surface area contributed by atoms with Crippen molar-refractivity contribution in [1.29, 1.82) is 0 Å². The molecular weight excluding hydrogens is 394 g/mol. The first-order chi connectivity index (χ1) is 14.1. The number of hydrogen-bond donors (Lipinski definition) is 2. The number of hydrogen-bond acceptors (Lipinski definition) is 2. The maximum absolute atomic E-state index is 11.9. The van der Waals surface area contributed by atoms with E-state index in [1.54, 1.807) is 6.92 Å². The first-order valence-electron chi connectivity index (χ1n) is 9.71. The lowest BCUT2D eigenvalue weighted by Crippen LogP contribution is -3.00. The van der Waals surface area contributed by atoms with Crippen LogP contribution in [0.1, 0.15) is 6.92 Å². The van der Waals surface area contributed by atoms with Crippen LogP contribution in [0.25, 0.3) is 32.9 Å². The van der Waals surface area contributed by atoms with Gasteiger partial charge in [-0.05, 0) is 42.8 Å². The Morgan fingerprint density at radius 3 is 2.03 bits per heavy atom. The van der Waals surface area contributed by atoms with Gasteiger partial charge < -0.3 is 23.5 Å². The van der Waals surface area contributed by atoms with Gasteiger partial charge in [0.1, 0.15) is 0 Å². The number of allylic oxidation sites excluding steroid dienone is 1. The summed E-state index contributed by atoms with van der Waals surface area (Å²) >= 11 is 0. The van der Waals surface area contributed by atoms with E-state index < -0.39 is 6.04 Å². The number of aromatic nitrogens is 1. The van der Waals surface area contributed by atoms with Crippen LogP contribution in [0.15, 0.2) is 85.5 Å². The molecule has 4 rings (SSSR count). The Morgan fingerprint density at radius 2 is 1.53 bits per heavy atom. The van der Waals surface area contributed by atoms with Crippen molar-refractivity contribution < 1.29 is 21.8 Å². The van der Waals surface area contributed by atoms with Crippen LogP contribution in [0, 0.1) is 0 Å². The minimum Gasteiger partial charge on any atom is -1.00 e. The molecule has 1 amide bonds. The smallest absolute Gasteiger partial charge is 0.240 e. The van der Waals surface area contributed by atoms with Crippen molar-refractivity contribution in [3.63, 3.8) is 0 Å². The van der Waals surface area contributed by atoms with Gasteiger partial charge in [-0.2, -0.15) is 4.57 Å². The van der Waals surface area contributed by atoms with Crippen LogP contribution in [-0.2, 0) is 11.3 Å². The topological polar surface area (TPSA) is 59.0 Å². The van der Waals surface area contributed by atoms with Gasteiger partial charge in [-0.1, -0.05) is 43.0 Å². The zero-order valence-electron chi connectivity index (χ0n) is 16.8. The summed E-state index contributed by atoms with van der Waals surface area (Å²) in [7, 11) is 0. The van der Waals surface area contributed by atoms with Crippen molar-refractivity contribution in [3.05, 3.63) is 85.5 Å². The second kappa shape index (κ2) is 9.08. The monoisotopic (exact) mass is 417 g/mol. The van der Waals surface area contributed by atoms with Gasteiger partial charge in [0.15, 0.2) is 6.54 Å². The molecule has 0 fully saturated rings. The molecule has 0 aliphatic rings. The van der Waals surface area contributed by atoms with Crippen molar-refractivity contribution in [1.82, 2.24) is 0 Å². The summed E-state index contributed by atoms with van der Waals surface area (Å²) in [6, 6.07) is 24.2. The van der Waals surface area contributed by atoms with Crippen LogP contribution in [-0.4, -0.2) is 11.9 Å². The van der Waals surface area contributed by atoms with E-state index in [1.807, 2.05) is 30.3 Å². The molecule has 0 aliphatic heterocycles. The Kier molecular flexibility index (Phi) is 6.50. The highest BCUT2D eigenvalue weighted by Crippen LogP contribution is 2.34. The summed E-state index contributed by atoms with van der Waals surface area (Å²) in [6.07, 6.45) is 1.93. The third kappa shape index (κ3) is 3.92. The molecule has 1 atom stereocenters. The van der Waals surface area contributed by atoms with E-state index in [-0.39, 0.29) is 18.3 Å². The van der Waals surface area contributed by atoms with E-state index in [0.717, 1.165) is 28.8 Å². The van der Waals surface area contributed by atoms with Gasteiger partial charge in [-0.25, -0.2) is 0 Å². The van der Waals surface area contributed by atoms with E-state index in [9.17, 15) is 4.79 Å². The summed E-state index contributed by atoms with van der Waals surface area (Å²) in [5.41, 5.74) is 11.0. The van der Waals surface area contributed by atoms with Gasteiger partial charge in [-0.3, -0.25) is 4.79 Å². The van der Waals surface area contributed by atoms with Crippen molar-refractivity contribution >= 4 is 33.4 Å². The number of halogens is 1. The third-order valence-corrected chi connectivity index (χ3v) is 5.09. The molecule has 152 valence electrons. The van der Waals surface area contributed by atoms with E-state index in [2.05, 4.69) is 65.0 Å². The summed E-state index contributed by atoms with van der Waals surface area (Å²) in [4.78, 5) is 11.9. The summed E-state index contributed by atoms with van der Waals surface area (Å²) < 4.78 is 2.29. The number of anilines is 1. The molecule has 3 aromatic carbocycles. The zero-order valence-corrected chi connectivity index (χ0v) is 17.6. The standard InChI is InChI=1S/C25H23N3O.ClH/c1-3-16-28-22-10-6-4-8-20(22)24(21-9-5-7-11-23(21)28)18-12-14-19(15-13-18)27-25(29)17(2)26;/h3-15,17H,1,16,26H2,2H3;1H/t17-;/m0./s1. The highest BCUT2D eigenvalue weighted by Gasteiger charge is 2.20. The quantitative estimate of drug-likeness (QED) is 0.293. The fourth-order valence-corrected chi connectivity index (χ4v) is 3.73. The van der Waals surface area contributed by atoms with Crippen LogP contribution >= 0.6 is 0 Å². The van der Waals surface area contributed by atoms with E-state index in [0.29, 0.717) is 0 Å². The van der Waals surface area contributed by atoms with Crippen LogP contribution in [0.3, 0.4) is 0 Å². The fraction of sp³-hybridized carbons (Fsp3) is 0.120. The highest BCUT2D eigenvalue weighted by atomic mass is 35.5. The molecule has 4 aromatic rings. The van der Waals surface area contributed by atoms with Gasteiger partial charge in [0.25, 0.3) is 0 Å². The molecule has 30 heavy (non-hydrogen) atoms. The molecule has 5 heteroatoms. The zero-order chi connectivity index (χ0) is 20.4. The Morgan fingerprint density at radius 1 is 1.00 bits per heavy atom. The lowest BCUT2D eigenvalue weighted by atomic mass is 9.95. The van der Waals surface area contributed by atoms with E-state index >= 15 is 0 Å². The highest BCUT2D eigenvalue weighted by molar-refractivity contribution is 6.07. The molecule has 0 radical (unpaired) electrons. The van der Waals surface area contributed by atoms with Crippen LogP contribution in [0.2, 0.25) is 0 Å². The molecule has 0 bridgehead atoms. The number of carbonyl (C=O) groups excluding carboxylic acids is 1. The fourth-order valence-electron chi connectivity index (χ4n) is 3.73. The minimum atomic E-state index is -0.544. The Hall–Kier alpha value is -3.21. The largest absolute Gasteiger partial charge is 1.00 e. The number of nitrogens with one attached hydrogen (secondary N) is 1. The van der Waals surface area contributed by atoms with E-state index in [4.69, 9.17) is 5.73 Å². The average Bonchev–Trinajstić information content (AvgIpc) is 2.74. The Balaban J connectivity index is 0.00000256. The van der Waals surface area contributed by atoms with Crippen molar-refractivity contribution in [2.75, 3.05) is 5.32 Å². The number of nitrogens with two attached hydrogens (primary N) is 1. The van der Waals surface area contributed by atoms with Gasteiger partial charge in [-0.15, -0.1) is 0 Å². The average molecular weight is 418 g/mol. The second-order valence-electron chi connectivity index (χ2n) is 7.16. The molecule has 3 N–H and O–H groups in total. The lowest BCUT2D eigenvalue weighted by Gasteiger charge is -2.13. The number of fused-ring (bicyclic) bond motifs is 2. The van der Waals surface area contributed by atoms with Gasteiger partial charge in [0.05, 0.1) is 16.8 Å². The third-order valence-electron chi connectivity index (χ3n) is 5.09. The summed E-state index contributed by atoms with van der Waals surface area (Å²) in [5.74, 6) is -0.196. The number of rotatable bonds is 5. The van der Waals surface area contributed by atoms with Gasteiger partial charge in [0, 0.05) is 23.4 Å². The molecular formula is C25H24ClN3O. The van der Waals surface area contributed by atoms with Gasteiger partial charge in [0.2, 0.25) is 16.9 Å². The SMILES string of the molecule is C=CC[n+]1c2ccccc2c(-c2ccc(NC(=O)[C@H](C)N)cc2)c2ccccc21.[Cl-]. The Bertz CT molecular complexity index is 1160. The first kappa shape index (κ1) is 21.5. The minimum absolute atomic E-state index is 0. The van der Waals surface area contributed by atoms with Crippen LogP contribution in [0.5, 0.6) is 0 Å². The number of amides is 1. The number of pyridine rings is 1. The predicted molar refractivity (Wildman–Crippen MR) is 120 cm³/mol. The van der Waals surface area contributed by atoms with Crippen molar-refractivity contribution in [2.45, 2.75) is 19.5 Å². The lowest BCUT2D eigenvalue weighted by molar-refractivity contribution is -0.634. The number of benzene rings is 3. The van der Waals surface area contributed by atoms with Gasteiger partial charge >= 0.3 is 0 Å². The molecule has 0 unspecified atom stereocenters. The number of carbonyl (C=O) groups is 1. The summed E-state index contributed by atoms with van der Waals surface area (Å²) in [6.45, 7) is 6.34. The number of para-hydroxylation sites is 2. The molecule has 0 saturated carbocycles. The van der Waals surface area contributed by atoms with Crippen LogP contribution in [0.4, 0.5) is 5.69 Å². The van der Waals surface area contributed by atoms with Crippen LogP contribution < -0.4 is 28.0 Å². The second-order valence-corrected chi connectivity index (χ2v) is 7.16. The normalized spacial score (nSPS) is 11.7. The molecule has 0 aliphatic carbocycles. The molecule has 0 spiro atoms. The summed E-state index contributed by atoms with van der Waals surface area (Å²) in [5, 5.41) is 5.20. The number of nitrogens with zero attached hydrogens (tertiary/aromatic N) is 1. The van der Waals surface area contributed by atoms with Crippen molar-refractivity contribution in [2.24, 2.45) is 5.73 Å². The van der Waals surface area contributed by atoms with Crippen molar-refractivity contribution in [3.8, 4) is 11.1 Å². The Labute approximate surface area is 182 Å². The maximum Gasteiger partial charge on any atom is 0.240 e. The molecule has 0 saturated heterocycles. The maximum atomic E-state index is 11.9. The first-order valence-corrected chi connectivity index (χ1v) is 9.71. The predicted octanol–water partition coefficient (Wildman–Crippen LogP) is 1.42. The molecule has 4 nitrogen and oxygen atoms in total. The van der Waals surface area contributed by atoms with E-state index in [1.165, 1.54) is 16.3 Å². The molecule has 1 heterocycles.